The van der Waals surface area contributed by atoms with Gasteiger partial charge in [-0.25, -0.2) is 0 Å². The lowest BCUT2D eigenvalue weighted by atomic mass is 10.1. The maximum atomic E-state index is 13.1. The molecule has 1 heterocycles. The van der Waals surface area contributed by atoms with E-state index in [9.17, 15) is 9.59 Å². The Morgan fingerprint density at radius 1 is 0.933 bits per heavy atom. The number of nitrogens with one attached hydrogen (secondary N) is 1. The molecule has 0 saturated carbocycles. The van der Waals surface area contributed by atoms with Crippen molar-refractivity contribution in [2.24, 2.45) is 0 Å². The molecular weight excluding hydrogens is 378 g/mol. The van der Waals surface area contributed by atoms with E-state index in [4.69, 9.17) is 4.42 Å². The van der Waals surface area contributed by atoms with E-state index in [1.807, 2.05) is 49.3 Å². The molecule has 0 bridgehead atoms. The molecule has 0 fully saturated rings. The van der Waals surface area contributed by atoms with Gasteiger partial charge >= 0.3 is 0 Å². The SMILES string of the molecule is CN(Cc1ccc(N(C)C)cc1)C(=O)C(=Cc1ccco1)NC(=O)c1ccccc1. The van der Waals surface area contributed by atoms with Crippen molar-refractivity contribution in [1.82, 2.24) is 10.2 Å². The molecule has 0 aliphatic rings. The zero-order valence-corrected chi connectivity index (χ0v) is 17.3. The highest BCUT2D eigenvalue weighted by molar-refractivity contribution is 6.05. The number of rotatable bonds is 7. The molecule has 2 aromatic carbocycles. The van der Waals surface area contributed by atoms with Gasteiger partial charge in [-0.2, -0.15) is 0 Å². The zero-order valence-electron chi connectivity index (χ0n) is 17.3. The molecule has 0 unspecified atom stereocenters. The molecule has 0 aliphatic carbocycles. The van der Waals surface area contributed by atoms with Crippen LogP contribution in [0.2, 0.25) is 0 Å². The number of hydrogen-bond donors (Lipinski definition) is 1. The van der Waals surface area contributed by atoms with E-state index in [-0.39, 0.29) is 17.5 Å². The fraction of sp³-hybridized carbons (Fsp3) is 0.167. The third-order valence-electron chi connectivity index (χ3n) is 4.56. The molecule has 0 aliphatic heterocycles. The van der Waals surface area contributed by atoms with Crippen molar-refractivity contribution in [2.45, 2.75) is 6.54 Å². The normalized spacial score (nSPS) is 11.1. The number of likely N-dealkylation sites (N-methyl/N-ethyl adjacent to an activating group) is 1. The summed E-state index contributed by atoms with van der Waals surface area (Å²) in [7, 11) is 5.66. The third kappa shape index (κ3) is 5.38. The van der Waals surface area contributed by atoms with E-state index in [0.717, 1.165) is 11.3 Å². The molecule has 6 heteroatoms. The quantitative estimate of drug-likeness (QED) is 0.610. The Labute approximate surface area is 176 Å². The molecular formula is C24H25N3O3. The number of anilines is 1. The van der Waals surface area contributed by atoms with Crippen molar-refractivity contribution in [3.8, 4) is 0 Å². The summed E-state index contributed by atoms with van der Waals surface area (Å²) in [6.45, 7) is 0.406. The van der Waals surface area contributed by atoms with Crippen LogP contribution in [-0.2, 0) is 11.3 Å². The van der Waals surface area contributed by atoms with Gasteiger partial charge < -0.3 is 19.5 Å². The average molecular weight is 403 g/mol. The Hall–Kier alpha value is -3.80. The number of benzene rings is 2. The monoisotopic (exact) mass is 403 g/mol. The Balaban J connectivity index is 1.78. The van der Waals surface area contributed by atoms with Gasteiger partial charge in [-0.15, -0.1) is 0 Å². The zero-order chi connectivity index (χ0) is 21.5. The molecule has 154 valence electrons. The Morgan fingerprint density at radius 3 is 2.23 bits per heavy atom. The van der Waals surface area contributed by atoms with Gasteiger partial charge in [0.2, 0.25) is 0 Å². The first-order chi connectivity index (χ1) is 14.4. The van der Waals surface area contributed by atoms with Gasteiger partial charge in [-0.3, -0.25) is 9.59 Å². The molecule has 1 aromatic heterocycles. The topological polar surface area (TPSA) is 65.8 Å². The van der Waals surface area contributed by atoms with E-state index in [0.29, 0.717) is 17.9 Å². The number of hydrogen-bond acceptors (Lipinski definition) is 4. The second-order valence-electron chi connectivity index (χ2n) is 7.12. The predicted molar refractivity (Wildman–Crippen MR) is 118 cm³/mol. The van der Waals surface area contributed by atoms with Crippen molar-refractivity contribution in [2.75, 3.05) is 26.0 Å². The number of carbonyl (C=O) groups is 2. The minimum absolute atomic E-state index is 0.145. The van der Waals surface area contributed by atoms with Crippen molar-refractivity contribution in [3.63, 3.8) is 0 Å². The minimum atomic E-state index is -0.356. The molecule has 0 atom stereocenters. The smallest absolute Gasteiger partial charge is 0.270 e. The van der Waals surface area contributed by atoms with Crippen molar-refractivity contribution < 1.29 is 14.0 Å². The Morgan fingerprint density at radius 2 is 1.63 bits per heavy atom. The van der Waals surface area contributed by atoms with E-state index in [1.54, 1.807) is 48.3 Å². The van der Waals surface area contributed by atoms with E-state index in [1.165, 1.54) is 12.3 Å². The first-order valence-electron chi connectivity index (χ1n) is 9.57. The standard InChI is InChI=1S/C24H25N3O3/c1-26(2)20-13-11-18(12-14-20)17-27(3)24(29)22(16-21-10-7-15-30-21)25-23(28)19-8-5-4-6-9-19/h4-16H,17H2,1-3H3,(H,25,28). The largest absolute Gasteiger partial charge is 0.465 e. The van der Waals surface area contributed by atoms with E-state index < -0.39 is 0 Å². The van der Waals surface area contributed by atoms with Crippen LogP contribution in [0.3, 0.4) is 0 Å². The molecule has 30 heavy (non-hydrogen) atoms. The van der Waals surface area contributed by atoms with Crippen LogP contribution in [0.25, 0.3) is 6.08 Å². The van der Waals surface area contributed by atoms with Crippen LogP contribution in [-0.4, -0.2) is 37.9 Å². The number of carbonyl (C=O) groups excluding carboxylic acids is 2. The predicted octanol–water partition coefficient (Wildman–Crippen LogP) is 3.78. The van der Waals surface area contributed by atoms with Crippen molar-refractivity contribution in [3.05, 3.63) is 95.6 Å². The van der Waals surface area contributed by atoms with Gasteiger partial charge in [0.25, 0.3) is 11.8 Å². The van der Waals surface area contributed by atoms with Crippen LogP contribution in [0.15, 0.2) is 83.1 Å². The summed E-state index contributed by atoms with van der Waals surface area (Å²) < 4.78 is 5.33. The molecule has 6 nitrogen and oxygen atoms in total. The molecule has 3 rings (SSSR count). The van der Waals surface area contributed by atoms with Gasteiger partial charge in [0.1, 0.15) is 11.5 Å². The molecule has 2 amide bonds. The molecule has 0 radical (unpaired) electrons. The summed E-state index contributed by atoms with van der Waals surface area (Å²) in [6.07, 6.45) is 3.05. The number of nitrogens with zero attached hydrogens (tertiary/aromatic N) is 2. The van der Waals surface area contributed by atoms with Crippen LogP contribution >= 0.6 is 0 Å². The lowest BCUT2D eigenvalue weighted by Gasteiger charge is -2.20. The Bertz CT molecular complexity index is 1010. The van der Waals surface area contributed by atoms with Crippen LogP contribution < -0.4 is 10.2 Å². The maximum Gasteiger partial charge on any atom is 0.270 e. The highest BCUT2D eigenvalue weighted by atomic mass is 16.3. The molecule has 3 aromatic rings. The van der Waals surface area contributed by atoms with Crippen LogP contribution in [0.1, 0.15) is 21.7 Å². The summed E-state index contributed by atoms with van der Waals surface area (Å²) in [4.78, 5) is 29.3. The average Bonchev–Trinajstić information content (AvgIpc) is 3.27. The minimum Gasteiger partial charge on any atom is -0.465 e. The Kier molecular flexibility index (Phi) is 6.70. The summed E-state index contributed by atoms with van der Waals surface area (Å²) in [5.41, 5.74) is 2.69. The van der Waals surface area contributed by atoms with E-state index >= 15 is 0 Å². The molecule has 0 spiro atoms. The summed E-state index contributed by atoms with van der Waals surface area (Å²) in [5.74, 6) is -0.187. The van der Waals surface area contributed by atoms with Crippen molar-refractivity contribution in [1.29, 1.82) is 0 Å². The second kappa shape index (κ2) is 9.60. The third-order valence-corrected chi connectivity index (χ3v) is 4.56. The summed E-state index contributed by atoms with van der Waals surface area (Å²) in [6, 6.07) is 20.2. The van der Waals surface area contributed by atoms with Gasteiger partial charge in [0, 0.05) is 45.0 Å². The van der Waals surface area contributed by atoms with Gasteiger partial charge in [0.15, 0.2) is 0 Å². The first kappa shape index (κ1) is 20.9. The fourth-order valence-electron chi connectivity index (χ4n) is 2.90. The second-order valence-corrected chi connectivity index (χ2v) is 7.12. The van der Waals surface area contributed by atoms with Crippen LogP contribution in [0, 0.1) is 0 Å². The van der Waals surface area contributed by atoms with Gasteiger partial charge in [0.05, 0.1) is 6.26 Å². The lowest BCUT2D eigenvalue weighted by Crippen LogP contribution is -2.35. The number of furan rings is 1. The van der Waals surface area contributed by atoms with Crippen molar-refractivity contribution >= 4 is 23.6 Å². The highest BCUT2D eigenvalue weighted by Crippen LogP contribution is 2.15. The van der Waals surface area contributed by atoms with Crippen LogP contribution in [0.5, 0.6) is 0 Å². The van der Waals surface area contributed by atoms with Gasteiger partial charge in [-0.1, -0.05) is 30.3 Å². The highest BCUT2D eigenvalue weighted by Gasteiger charge is 2.19. The lowest BCUT2D eigenvalue weighted by molar-refractivity contribution is -0.126. The summed E-state index contributed by atoms with van der Waals surface area (Å²) >= 11 is 0. The fourth-order valence-corrected chi connectivity index (χ4v) is 2.90. The number of amides is 2. The van der Waals surface area contributed by atoms with Crippen LogP contribution in [0.4, 0.5) is 5.69 Å². The molecule has 0 saturated heterocycles. The first-order valence-corrected chi connectivity index (χ1v) is 9.57. The summed E-state index contributed by atoms with van der Waals surface area (Å²) in [5, 5.41) is 2.73. The maximum absolute atomic E-state index is 13.1. The molecule has 1 N–H and O–H groups in total. The van der Waals surface area contributed by atoms with Gasteiger partial charge in [-0.05, 0) is 42.0 Å². The van der Waals surface area contributed by atoms with E-state index in [2.05, 4.69) is 5.32 Å².